The van der Waals surface area contributed by atoms with Gasteiger partial charge in [0.15, 0.2) is 0 Å². The van der Waals surface area contributed by atoms with Crippen LogP contribution in [0.25, 0.3) is 0 Å². The van der Waals surface area contributed by atoms with Crippen molar-refractivity contribution < 1.29 is 30.8 Å². The van der Waals surface area contributed by atoms with Crippen molar-refractivity contribution in [1.29, 1.82) is 0 Å². The smallest absolute Gasteiger partial charge is 0.326 e. The Labute approximate surface area is 140 Å². The van der Waals surface area contributed by atoms with E-state index in [-0.39, 0.29) is 17.5 Å². The molecule has 0 aliphatic heterocycles. The van der Waals surface area contributed by atoms with E-state index in [1.807, 2.05) is 12.2 Å². The monoisotopic (exact) mass is 378 g/mol. The van der Waals surface area contributed by atoms with Crippen LogP contribution in [0.15, 0.2) is 35.2 Å². The Balaban J connectivity index is 1.86. The zero-order valence-corrected chi connectivity index (χ0v) is 13.4. The molecule has 1 amide bonds. The molecule has 3 rings (SSSR count). The Morgan fingerprint density at radius 1 is 1.20 bits per heavy atom. The van der Waals surface area contributed by atoms with Crippen LogP contribution in [0.3, 0.4) is 0 Å². The highest BCUT2D eigenvalue weighted by atomic mass is 32.2. The summed E-state index contributed by atoms with van der Waals surface area (Å²) in [4.78, 5) is 10.8. The molecule has 25 heavy (non-hydrogen) atoms. The Morgan fingerprint density at radius 2 is 1.84 bits per heavy atom. The molecule has 1 fully saturated rings. The molecule has 5 nitrogen and oxygen atoms in total. The molecule has 0 radical (unpaired) electrons. The Hall–Kier alpha value is -1.94. The van der Waals surface area contributed by atoms with Gasteiger partial charge in [-0.25, -0.2) is 12.8 Å². The third-order valence-corrected chi connectivity index (χ3v) is 6.12. The molecule has 3 N–H and O–H groups in total. The fourth-order valence-corrected chi connectivity index (χ4v) is 4.22. The molecule has 0 saturated heterocycles. The molecule has 0 heterocycles. The zero-order chi connectivity index (χ0) is 18.6. The lowest BCUT2D eigenvalue weighted by Gasteiger charge is -2.23. The second-order valence-corrected chi connectivity index (χ2v) is 8.04. The van der Waals surface area contributed by atoms with Crippen molar-refractivity contribution in [2.75, 3.05) is 5.32 Å². The van der Waals surface area contributed by atoms with Gasteiger partial charge in [-0.05, 0) is 36.5 Å². The van der Waals surface area contributed by atoms with Gasteiger partial charge in [-0.15, -0.1) is 0 Å². The topological polar surface area (TPSA) is 89.3 Å². The molecule has 4 atom stereocenters. The van der Waals surface area contributed by atoms with Gasteiger partial charge < -0.3 is 11.1 Å². The molecule has 0 aromatic heterocycles. The van der Waals surface area contributed by atoms with Gasteiger partial charge in [0.25, 0.3) is 9.84 Å². The summed E-state index contributed by atoms with van der Waals surface area (Å²) in [7, 11) is -5.87. The van der Waals surface area contributed by atoms with Gasteiger partial charge >= 0.3 is 5.51 Å². The van der Waals surface area contributed by atoms with E-state index >= 15 is 0 Å². The number of hydrogen-bond acceptors (Lipinski definition) is 4. The summed E-state index contributed by atoms with van der Waals surface area (Å²) in [5, 5.41) is 2.34. The van der Waals surface area contributed by atoms with Crippen molar-refractivity contribution in [2.45, 2.75) is 22.9 Å². The van der Waals surface area contributed by atoms with E-state index in [0.717, 1.165) is 12.5 Å². The number of amides is 1. The number of anilines is 1. The van der Waals surface area contributed by atoms with Crippen molar-refractivity contribution in [3.63, 3.8) is 0 Å². The molecule has 2 bridgehead atoms. The SMILES string of the molecule is NC1C2C=CC(C2)C1C(=O)Nc1ccc(F)c(S(=O)(=O)C(F)(F)F)c1. The zero-order valence-electron chi connectivity index (χ0n) is 12.6. The summed E-state index contributed by atoms with van der Waals surface area (Å²) in [6.45, 7) is 0. The minimum absolute atomic E-state index is 0.0649. The number of allylic oxidation sites excluding steroid dienone is 1. The number of halogens is 4. The first-order valence-electron chi connectivity index (χ1n) is 7.38. The molecule has 1 aromatic rings. The van der Waals surface area contributed by atoms with Crippen molar-refractivity contribution in [3.05, 3.63) is 36.2 Å². The van der Waals surface area contributed by atoms with Gasteiger partial charge in [-0.3, -0.25) is 4.79 Å². The van der Waals surface area contributed by atoms with Crippen LogP contribution in [0.4, 0.5) is 23.2 Å². The highest BCUT2D eigenvalue weighted by Crippen LogP contribution is 2.43. The van der Waals surface area contributed by atoms with Gasteiger partial charge in [0.1, 0.15) is 10.7 Å². The van der Waals surface area contributed by atoms with Crippen LogP contribution in [0.2, 0.25) is 0 Å². The molecule has 2 aliphatic rings. The molecular weight excluding hydrogens is 364 g/mol. The summed E-state index contributed by atoms with van der Waals surface area (Å²) < 4.78 is 74.3. The van der Waals surface area contributed by atoms with E-state index in [2.05, 4.69) is 5.32 Å². The maximum atomic E-state index is 13.6. The van der Waals surface area contributed by atoms with Gasteiger partial charge in [-0.1, -0.05) is 12.2 Å². The molecule has 10 heteroatoms. The first-order chi connectivity index (χ1) is 11.5. The fourth-order valence-electron chi connectivity index (χ4n) is 3.37. The summed E-state index contributed by atoms with van der Waals surface area (Å²) in [6.07, 6.45) is 4.50. The predicted octanol–water partition coefficient (Wildman–Crippen LogP) is 2.21. The number of carbonyl (C=O) groups excluding carboxylic acids is 1. The van der Waals surface area contributed by atoms with Crippen molar-refractivity contribution in [1.82, 2.24) is 0 Å². The summed E-state index contributed by atoms with van der Waals surface area (Å²) >= 11 is 0. The third-order valence-electron chi connectivity index (χ3n) is 4.62. The van der Waals surface area contributed by atoms with Crippen LogP contribution in [0.5, 0.6) is 0 Å². The average Bonchev–Trinajstić information content (AvgIpc) is 3.08. The predicted molar refractivity (Wildman–Crippen MR) is 80.5 cm³/mol. The van der Waals surface area contributed by atoms with Crippen molar-refractivity contribution in [2.24, 2.45) is 23.5 Å². The largest absolute Gasteiger partial charge is 0.502 e. The summed E-state index contributed by atoms with van der Waals surface area (Å²) in [5.74, 6) is -2.65. The maximum absolute atomic E-state index is 13.6. The minimum atomic E-state index is -5.87. The normalized spacial score (nSPS) is 28.4. The Bertz CT molecular complexity index is 851. The second kappa shape index (κ2) is 5.80. The number of fused-ring (bicyclic) bond motifs is 2. The lowest BCUT2D eigenvalue weighted by molar-refractivity contribution is -0.120. The summed E-state index contributed by atoms with van der Waals surface area (Å²) in [5.41, 5.74) is 0.0953. The number of sulfone groups is 1. The maximum Gasteiger partial charge on any atom is 0.502 e. The second-order valence-electron chi connectivity index (χ2n) is 6.14. The van der Waals surface area contributed by atoms with Crippen LogP contribution < -0.4 is 11.1 Å². The molecule has 1 aromatic carbocycles. The van der Waals surface area contributed by atoms with Gasteiger partial charge in [0.2, 0.25) is 5.91 Å². The molecule has 1 saturated carbocycles. The van der Waals surface area contributed by atoms with Crippen molar-refractivity contribution >= 4 is 21.4 Å². The van der Waals surface area contributed by atoms with Gasteiger partial charge in [0, 0.05) is 11.7 Å². The molecule has 2 aliphatic carbocycles. The molecule has 0 spiro atoms. The number of carbonyl (C=O) groups is 1. The average molecular weight is 378 g/mol. The number of nitrogens with one attached hydrogen (secondary N) is 1. The number of rotatable bonds is 3. The highest BCUT2D eigenvalue weighted by molar-refractivity contribution is 7.92. The summed E-state index contributed by atoms with van der Waals surface area (Å²) in [6, 6.07) is 1.60. The van der Waals surface area contributed by atoms with Crippen LogP contribution in [0, 0.1) is 23.6 Å². The number of benzene rings is 1. The fraction of sp³-hybridized carbons (Fsp3) is 0.400. The number of hydrogen-bond donors (Lipinski definition) is 2. The van der Waals surface area contributed by atoms with E-state index in [1.54, 1.807) is 0 Å². The Morgan fingerprint density at radius 3 is 2.40 bits per heavy atom. The standard InChI is InChI=1S/C15H14F4N2O3S/c16-10-4-3-9(6-11(10)25(23,24)15(17,18)19)21-14(22)12-7-1-2-8(5-7)13(12)20/h1-4,6-8,12-13H,5,20H2,(H,21,22). The van der Waals surface area contributed by atoms with E-state index in [4.69, 9.17) is 5.73 Å². The first kappa shape index (κ1) is 17.9. The van der Waals surface area contributed by atoms with E-state index in [1.165, 1.54) is 0 Å². The van der Waals surface area contributed by atoms with Crippen LogP contribution in [0.1, 0.15) is 6.42 Å². The molecule has 136 valence electrons. The van der Waals surface area contributed by atoms with E-state index < -0.39 is 43.9 Å². The lowest BCUT2D eigenvalue weighted by Crippen LogP contribution is -2.41. The quantitative estimate of drug-likeness (QED) is 0.623. The minimum Gasteiger partial charge on any atom is -0.326 e. The highest BCUT2D eigenvalue weighted by Gasteiger charge is 2.49. The molecular formula is C15H14F4N2O3S. The van der Waals surface area contributed by atoms with Crippen LogP contribution in [-0.4, -0.2) is 25.9 Å². The van der Waals surface area contributed by atoms with E-state index in [0.29, 0.717) is 12.1 Å². The Kier molecular flexibility index (Phi) is 4.15. The lowest BCUT2D eigenvalue weighted by atomic mass is 9.88. The molecule has 4 unspecified atom stereocenters. The van der Waals surface area contributed by atoms with Crippen LogP contribution in [-0.2, 0) is 14.6 Å². The number of nitrogens with two attached hydrogens (primary N) is 1. The van der Waals surface area contributed by atoms with Crippen LogP contribution >= 0.6 is 0 Å². The third kappa shape index (κ3) is 2.93. The first-order valence-corrected chi connectivity index (χ1v) is 8.86. The van der Waals surface area contributed by atoms with Gasteiger partial charge in [-0.2, -0.15) is 13.2 Å². The van der Waals surface area contributed by atoms with Gasteiger partial charge in [0.05, 0.1) is 5.92 Å². The van der Waals surface area contributed by atoms with E-state index in [9.17, 15) is 30.8 Å². The van der Waals surface area contributed by atoms with Crippen molar-refractivity contribution in [3.8, 4) is 0 Å². The number of alkyl halides is 3.